The molecule has 3 aromatic rings. The fourth-order valence-electron chi connectivity index (χ4n) is 6.50. The second kappa shape index (κ2) is 11.5. The number of hydrogen-bond donors (Lipinski definition) is 1. The van der Waals surface area contributed by atoms with Crippen LogP contribution in [0.5, 0.6) is 5.75 Å². The average Bonchev–Trinajstić information content (AvgIpc) is 3.30. The molecule has 226 valence electrons. The molecule has 2 saturated heterocycles. The summed E-state index contributed by atoms with van der Waals surface area (Å²) in [6.07, 6.45) is 1.27. The van der Waals surface area contributed by atoms with E-state index in [1.54, 1.807) is 18.2 Å². The van der Waals surface area contributed by atoms with E-state index in [9.17, 15) is 10.1 Å². The summed E-state index contributed by atoms with van der Waals surface area (Å²) in [4.78, 5) is 23.8. The van der Waals surface area contributed by atoms with Crippen molar-refractivity contribution in [3.05, 3.63) is 59.8 Å². The highest BCUT2D eigenvalue weighted by molar-refractivity contribution is 5.95. The molecule has 0 saturated carbocycles. The number of carbonyl (C=O) groups is 1. The first-order valence-corrected chi connectivity index (χ1v) is 14.9. The number of nitrogens with one attached hydrogen (secondary N) is 1. The van der Waals surface area contributed by atoms with E-state index >= 15 is 0 Å². The summed E-state index contributed by atoms with van der Waals surface area (Å²) >= 11 is 0. The van der Waals surface area contributed by atoms with Gasteiger partial charge in [-0.1, -0.05) is 6.07 Å². The molecule has 10 heteroatoms. The van der Waals surface area contributed by atoms with Gasteiger partial charge in [-0.05, 0) is 58.0 Å². The number of piperazine rings is 1. The van der Waals surface area contributed by atoms with Crippen LogP contribution in [0.2, 0.25) is 0 Å². The van der Waals surface area contributed by atoms with Gasteiger partial charge in [0.25, 0.3) is 0 Å². The predicted octanol–water partition coefficient (Wildman–Crippen LogP) is 4.62. The van der Waals surface area contributed by atoms with Crippen molar-refractivity contribution in [2.45, 2.75) is 64.1 Å². The minimum atomic E-state index is -0.547. The zero-order chi connectivity index (χ0) is 30.3. The Morgan fingerprint density at radius 2 is 1.98 bits per heavy atom. The van der Waals surface area contributed by atoms with Gasteiger partial charge in [-0.15, -0.1) is 0 Å². The first-order chi connectivity index (χ1) is 20.6. The number of amides is 1. The van der Waals surface area contributed by atoms with Gasteiger partial charge in [0.15, 0.2) is 0 Å². The van der Waals surface area contributed by atoms with E-state index in [1.165, 1.54) is 0 Å². The molecular formula is C33H40N6O4. The number of pyridine rings is 1. The zero-order valence-electron chi connectivity index (χ0n) is 25.5. The molecule has 0 spiro atoms. The van der Waals surface area contributed by atoms with Gasteiger partial charge in [0.05, 0.1) is 35.8 Å². The summed E-state index contributed by atoms with van der Waals surface area (Å²) in [6.45, 7) is 11.9. The summed E-state index contributed by atoms with van der Waals surface area (Å²) < 4.78 is 17.8. The van der Waals surface area contributed by atoms with E-state index < -0.39 is 5.60 Å². The highest BCUT2D eigenvalue weighted by atomic mass is 16.6. The Morgan fingerprint density at radius 3 is 2.74 bits per heavy atom. The summed E-state index contributed by atoms with van der Waals surface area (Å²) in [5.74, 6) is 0.877. The number of hydrogen-bond acceptors (Lipinski definition) is 9. The van der Waals surface area contributed by atoms with Gasteiger partial charge in [-0.2, -0.15) is 5.26 Å². The maximum atomic E-state index is 12.7. The number of benzene rings is 2. The number of anilines is 2. The smallest absolute Gasteiger partial charge is 0.410 e. The molecule has 0 aliphatic carbocycles. The standard InChI is InChI=1S/C33H40N6O4/c1-21-15-37(28-11-9-22(14-34)31-26(28)7-6-12-35-31)17-25-20-42-29-13-24(10-8-23(29)16-39(21)25)36-27-18-38(19-30(27)41-5)32(40)43-33(2,3)4/h6-13,21,25,27,30,36H,15-20H2,1-5H3/t21-,25-,27-,30-/m1/s1. The fraction of sp³-hybridized carbons (Fsp3) is 0.485. The molecule has 0 radical (unpaired) electrons. The molecule has 1 amide bonds. The first kappa shape index (κ1) is 29.0. The molecule has 10 nitrogen and oxygen atoms in total. The Morgan fingerprint density at radius 1 is 1.14 bits per heavy atom. The van der Waals surface area contributed by atoms with Gasteiger partial charge in [0.1, 0.15) is 24.0 Å². The van der Waals surface area contributed by atoms with Gasteiger partial charge >= 0.3 is 6.09 Å². The average molecular weight is 585 g/mol. The SMILES string of the molecule is CO[C@@H]1CN(C(=O)OC(C)(C)C)C[C@H]1Nc1ccc2c(c1)OC[C@H]1CN(c3ccc(C#N)c4ncccc34)C[C@@H](C)N1C2. The lowest BCUT2D eigenvalue weighted by atomic mass is 10.0. The number of ether oxygens (including phenoxy) is 3. The van der Waals surface area contributed by atoms with E-state index in [0.717, 1.165) is 53.2 Å². The maximum Gasteiger partial charge on any atom is 0.410 e. The van der Waals surface area contributed by atoms with Crippen LogP contribution in [0.3, 0.4) is 0 Å². The van der Waals surface area contributed by atoms with E-state index in [1.807, 2.05) is 32.9 Å². The number of nitriles is 1. The lowest BCUT2D eigenvalue weighted by molar-refractivity contribution is 0.0252. The van der Waals surface area contributed by atoms with Crippen molar-refractivity contribution in [3.8, 4) is 11.8 Å². The summed E-state index contributed by atoms with van der Waals surface area (Å²) in [5, 5.41) is 14.2. The molecule has 4 atom stereocenters. The molecule has 0 bridgehead atoms. The van der Waals surface area contributed by atoms with Crippen LogP contribution in [0.15, 0.2) is 48.7 Å². The van der Waals surface area contributed by atoms with Crippen molar-refractivity contribution in [2.75, 3.05) is 50.1 Å². The highest BCUT2D eigenvalue weighted by Gasteiger charge is 2.38. The number of aromatic nitrogens is 1. The Hall–Kier alpha value is -4.07. The normalized spacial score (nSPS) is 24.0. The molecule has 6 rings (SSSR count). The van der Waals surface area contributed by atoms with Crippen molar-refractivity contribution in [3.63, 3.8) is 0 Å². The number of carbonyl (C=O) groups excluding carboxylic acids is 1. The largest absolute Gasteiger partial charge is 0.491 e. The molecule has 2 aromatic carbocycles. The van der Waals surface area contributed by atoms with E-state index in [0.29, 0.717) is 31.3 Å². The number of rotatable bonds is 4. The van der Waals surface area contributed by atoms with Crippen LogP contribution in [-0.2, 0) is 16.0 Å². The lowest BCUT2D eigenvalue weighted by Gasteiger charge is -2.45. The third kappa shape index (κ3) is 5.92. The fourth-order valence-corrected chi connectivity index (χ4v) is 6.50. The minimum absolute atomic E-state index is 0.0713. The molecule has 0 unspecified atom stereocenters. The van der Waals surface area contributed by atoms with E-state index in [-0.39, 0.29) is 24.3 Å². The van der Waals surface area contributed by atoms with Crippen LogP contribution >= 0.6 is 0 Å². The Kier molecular flexibility index (Phi) is 7.79. The van der Waals surface area contributed by atoms with Crippen LogP contribution in [-0.4, -0.2) is 90.6 Å². The van der Waals surface area contributed by atoms with Gasteiger partial charge in [0, 0.05) is 73.9 Å². The zero-order valence-corrected chi connectivity index (χ0v) is 25.5. The Bertz CT molecular complexity index is 1550. The molecule has 43 heavy (non-hydrogen) atoms. The highest BCUT2D eigenvalue weighted by Crippen LogP contribution is 2.35. The van der Waals surface area contributed by atoms with Crippen molar-refractivity contribution in [1.82, 2.24) is 14.8 Å². The van der Waals surface area contributed by atoms with Gasteiger partial charge in [0.2, 0.25) is 0 Å². The minimum Gasteiger partial charge on any atom is -0.491 e. The molecule has 3 aliphatic rings. The molecular weight excluding hydrogens is 544 g/mol. The van der Waals surface area contributed by atoms with Crippen LogP contribution < -0.4 is 15.0 Å². The first-order valence-electron chi connectivity index (χ1n) is 14.9. The second-order valence-electron chi connectivity index (χ2n) is 12.8. The van der Waals surface area contributed by atoms with Crippen molar-refractivity contribution in [2.24, 2.45) is 0 Å². The number of nitrogens with zero attached hydrogens (tertiary/aromatic N) is 5. The summed E-state index contributed by atoms with van der Waals surface area (Å²) in [5.41, 5.74) is 3.99. The van der Waals surface area contributed by atoms with Gasteiger partial charge < -0.3 is 29.3 Å². The summed E-state index contributed by atoms with van der Waals surface area (Å²) in [6, 6.07) is 16.9. The number of fused-ring (bicyclic) bond motifs is 3. The van der Waals surface area contributed by atoms with Crippen molar-refractivity contribution < 1.29 is 19.0 Å². The second-order valence-corrected chi connectivity index (χ2v) is 12.8. The third-order valence-electron chi connectivity index (χ3n) is 8.58. The molecule has 4 heterocycles. The van der Waals surface area contributed by atoms with Gasteiger partial charge in [-0.25, -0.2) is 4.79 Å². The molecule has 1 N–H and O–H groups in total. The van der Waals surface area contributed by atoms with Gasteiger partial charge in [-0.3, -0.25) is 9.88 Å². The van der Waals surface area contributed by atoms with Crippen LogP contribution in [0.1, 0.15) is 38.8 Å². The summed E-state index contributed by atoms with van der Waals surface area (Å²) in [7, 11) is 1.68. The van der Waals surface area contributed by atoms with Crippen LogP contribution in [0, 0.1) is 11.3 Å². The Balaban J connectivity index is 1.16. The number of methoxy groups -OCH3 is 1. The lowest BCUT2D eigenvalue weighted by Crippen LogP contribution is -2.58. The monoisotopic (exact) mass is 584 g/mol. The van der Waals surface area contributed by atoms with Crippen molar-refractivity contribution in [1.29, 1.82) is 5.26 Å². The predicted molar refractivity (Wildman–Crippen MR) is 165 cm³/mol. The van der Waals surface area contributed by atoms with E-state index in [4.69, 9.17) is 14.2 Å². The number of likely N-dealkylation sites (tertiary alicyclic amines) is 1. The third-order valence-corrected chi connectivity index (χ3v) is 8.58. The maximum absolute atomic E-state index is 12.7. The molecule has 1 aromatic heterocycles. The van der Waals surface area contributed by atoms with Crippen LogP contribution in [0.25, 0.3) is 10.9 Å². The van der Waals surface area contributed by atoms with Crippen molar-refractivity contribution >= 4 is 28.4 Å². The van der Waals surface area contributed by atoms with E-state index in [2.05, 4.69) is 63.4 Å². The molecule has 2 fully saturated rings. The quantitative estimate of drug-likeness (QED) is 0.470. The Labute approximate surface area is 253 Å². The topological polar surface area (TPSA) is 103 Å². The van der Waals surface area contributed by atoms with Crippen LogP contribution in [0.4, 0.5) is 16.2 Å². The molecule has 3 aliphatic heterocycles.